The van der Waals surface area contributed by atoms with E-state index in [1.807, 2.05) is 0 Å². The van der Waals surface area contributed by atoms with Crippen molar-refractivity contribution in [3.05, 3.63) is 34.4 Å². The molecule has 0 saturated heterocycles. The average Bonchev–Trinajstić information content (AvgIpc) is 3.02. The van der Waals surface area contributed by atoms with Gasteiger partial charge in [-0.3, -0.25) is 0 Å². The van der Waals surface area contributed by atoms with Crippen LogP contribution in [-0.2, 0) is 6.18 Å². The van der Waals surface area contributed by atoms with Crippen LogP contribution in [0.4, 0.5) is 13.2 Å². The molecule has 0 amide bonds. The predicted molar refractivity (Wildman–Crippen MR) is 95.9 cm³/mol. The Morgan fingerprint density at radius 2 is 2.00 bits per heavy atom. The van der Waals surface area contributed by atoms with Gasteiger partial charge in [-0.25, -0.2) is 5.10 Å². The van der Waals surface area contributed by atoms with Crippen LogP contribution < -0.4 is 9.47 Å². The van der Waals surface area contributed by atoms with Crippen LogP contribution >= 0.6 is 12.2 Å². The molecule has 1 aromatic heterocycles. The minimum absolute atomic E-state index is 0.158. The summed E-state index contributed by atoms with van der Waals surface area (Å²) in [7, 11) is 1.51. The molecule has 1 fully saturated rings. The Morgan fingerprint density at radius 1 is 1.26 bits per heavy atom. The number of rotatable bonds is 5. The summed E-state index contributed by atoms with van der Waals surface area (Å²) in [5.74, 6) is -0.109. The van der Waals surface area contributed by atoms with E-state index in [0.29, 0.717) is 21.7 Å². The number of alkyl halides is 3. The number of H-pyrrole nitrogens is 1. The summed E-state index contributed by atoms with van der Waals surface area (Å²) in [5, 5.41) is 9.07. The molecule has 1 heterocycles. The Kier molecular flexibility index (Phi) is 5.83. The Balaban J connectivity index is 1.81. The number of benzene rings is 1. The topological polar surface area (TPSA) is 64.4 Å². The van der Waals surface area contributed by atoms with Crippen molar-refractivity contribution >= 4 is 18.4 Å². The predicted octanol–water partition coefficient (Wildman–Crippen LogP) is 4.56. The van der Waals surface area contributed by atoms with Crippen molar-refractivity contribution in [3.8, 4) is 11.5 Å². The number of aromatic amines is 1. The molecular weight excluding hydrogens is 381 g/mol. The molecule has 0 aliphatic heterocycles. The highest BCUT2D eigenvalue weighted by Gasteiger charge is 2.37. The molecule has 6 nitrogen and oxygen atoms in total. The van der Waals surface area contributed by atoms with Crippen molar-refractivity contribution < 1.29 is 22.6 Å². The fraction of sp³-hybridized carbons (Fsp3) is 0.471. The third kappa shape index (κ3) is 4.68. The molecule has 0 unspecified atom stereocenters. The van der Waals surface area contributed by atoms with E-state index in [1.165, 1.54) is 19.7 Å². The van der Waals surface area contributed by atoms with Gasteiger partial charge in [-0.15, -0.1) is 5.10 Å². The first kappa shape index (κ1) is 19.4. The largest absolute Gasteiger partial charge is 0.493 e. The second-order valence-electron chi connectivity index (χ2n) is 6.19. The molecule has 146 valence electrons. The molecule has 0 radical (unpaired) electrons. The van der Waals surface area contributed by atoms with Crippen molar-refractivity contribution in [1.29, 1.82) is 0 Å². The number of nitrogens with one attached hydrogen (secondary N) is 1. The normalized spacial score (nSPS) is 16.0. The first-order chi connectivity index (χ1) is 12.9. The monoisotopic (exact) mass is 400 g/mol. The number of hydrogen-bond acceptors (Lipinski definition) is 5. The molecule has 10 heteroatoms. The van der Waals surface area contributed by atoms with E-state index < -0.39 is 12.0 Å². The first-order valence-corrected chi connectivity index (χ1v) is 8.93. The Morgan fingerprint density at radius 3 is 2.67 bits per heavy atom. The van der Waals surface area contributed by atoms with Gasteiger partial charge in [0.1, 0.15) is 0 Å². The summed E-state index contributed by atoms with van der Waals surface area (Å²) in [5.41, 5.74) is 0.541. The van der Waals surface area contributed by atoms with Crippen molar-refractivity contribution in [1.82, 2.24) is 14.9 Å². The van der Waals surface area contributed by atoms with Crippen molar-refractivity contribution in [2.24, 2.45) is 5.10 Å². The maximum absolute atomic E-state index is 12.9. The Labute approximate surface area is 159 Å². The molecule has 0 atom stereocenters. The van der Waals surface area contributed by atoms with Crippen molar-refractivity contribution in [3.63, 3.8) is 0 Å². The second-order valence-corrected chi connectivity index (χ2v) is 6.58. The molecular formula is C17H19F3N4O2S. The maximum atomic E-state index is 12.9. The van der Waals surface area contributed by atoms with Gasteiger partial charge in [0, 0.05) is 0 Å². The van der Waals surface area contributed by atoms with Gasteiger partial charge < -0.3 is 9.47 Å². The van der Waals surface area contributed by atoms with E-state index in [-0.39, 0.29) is 10.9 Å². The third-order valence-corrected chi connectivity index (χ3v) is 4.52. The lowest BCUT2D eigenvalue weighted by Crippen LogP contribution is -2.19. The van der Waals surface area contributed by atoms with Crippen LogP contribution in [0, 0.1) is 4.77 Å². The molecule has 0 bridgehead atoms. The van der Waals surface area contributed by atoms with Gasteiger partial charge in [0.15, 0.2) is 11.5 Å². The van der Waals surface area contributed by atoms with Crippen LogP contribution in [0.5, 0.6) is 11.5 Å². The second kappa shape index (κ2) is 8.12. The van der Waals surface area contributed by atoms with Crippen molar-refractivity contribution in [2.45, 2.75) is 44.4 Å². The molecule has 2 aromatic rings. The lowest BCUT2D eigenvalue weighted by Gasteiger charge is -2.24. The van der Waals surface area contributed by atoms with Gasteiger partial charge >= 0.3 is 6.18 Å². The summed E-state index contributed by atoms with van der Waals surface area (Å²) in [4.78, 5) is 0. The fourth-order valence-corrected chi connectivity index (χ4v) is 3.11. The highest BCUT2D eigenvalue weighted by Crippen LogP contribution is 2.32. The van der Waals surface area contributed by atoms with Crippen LogP contribution in [0.15, 0.2) is 23.3 Å². The van der Waals surface area contributed by atoms with Gasteiger partial charge in [-0.2, -0.15) is 22.9 Å². The molecule has 27 heavy (non-hydrogen) atoms. The number of aromatic nitrogens is 3. The quantitative estimate of drug-likeness (QED) is 0.590. The molecule has 1 N–H and O–H groups in total. The summed E-state index contributed by atoms with van der Waals surface area (Å²) < 4.78 is 50.4. The number of nitrogens with zero attached hydrogens (tertiary/aromatic N) is 3. The van der Waals surface area contributed by atoms with Gasteiger partial charge in [-0.05, 0) is 61.7 Å². The third-order valence-electron chi connectivity index (χ3n) is 4.26. The highest BCUT2D eigenvalue weighted by atomic mass is 32.1. The summed E-state index contributed by atoms with van der Waals surface area (Å²) >= 11 is 4.80. The van der Waals surface area contributed by atoms with Crippen LogP contribution in [-0.4, -0.2) is 34.3 Å². The maximum Gasteiger partial charge on any atom is 0.453 e. The SMILES string of the molecule is COc1cc(/C=N\n2c(C(F)(F)F)n[nH]c2=S)ccc1OC1CCCCC1. The minimum atomic E-state index is -4.67. The zero-order valence-electron chi connectivity index (χ0n) is 14.6. The first-order valence-electron chi connectivity index (χ1n) is 8.52. The number of halogens is 3. The Bertz CT molecular complexity index is 870. The number of methoxy groups -OCH3 is 1. The number of ether oxygens (including phenoxy) is 2. The summed E-state index contributed by atoms with van der Waals surface area (Å²) in [6, 6.07) is 5.08. The summed E-state index contributed by atoms with van der Waals surface area (Å²) in [6.07, 6.45) is 2.27. The van der Waals surface area contributed by atoms with Gasteiger partial charge in [-0.1, -0.05) is 6.42 Å². The lowest BCUT2D eigenvalue weighted by molar-refractivity contribution is -0.147. The van der Waals surface area contributed by atoms with E-state index in [0.717, 1.165) is 25.7 Å². The summed E-state index contributed by atoms with van der Waals surface area (Å²) in [6.45, 7) is 0. The Hall–Kier alpha value is -2.36. The van der Waals surface area contributed by atoms with E-state index >= 15 is 0 Å². The van der Waals surface area contributed by atoms with E-state index in [9.17, 15) is 13.2 Å². The van der Waals surface area contributed by atoms with Crippen LogP contribution in [0.1, 0.15) is 43.5 Å². The zero-order valence-corrected chi connectivity index (χ0v) is 15.4. The molecule has 1 aliphatic carbocycles. The van der Waals surface area contributed by atoms with Crippen molar-refractivity contribution in [2.75, 3.05) is 7.11 Å². The van der Waals surface area contributed by atoms with Gasteiger partial charge in [0.25, 0.3) is 5.82 Å². The molecule has 1 saturated carbocycles. The molecule has 3 rings (SSSR count). The van der Waals surface area contributed by atoms with E-state index in [2.05, 4.69) is 15.3 Å². The number of hydrogen-bond donors (Lipinski definition) is 1. The van der Waals surface area contributed by atoms with Gasteiger partial charge in [0.2, 0.25) is 4.77 Å². The minimum Gasteiger partial charge on any atom is -0.493 e. The molecule has 1 aromatic carbocycles. The lowest BCUT2D eigenvalue weighted by atomic mass is 9.98. The van der Waals surface area contributed by atoms with E-state index in [4.69, 9.17) is 21.7 Å². The molecule has 1 aliphatic rings. The van der Waals surface area contributed by atoms with Crippen LogP contribution in [0.2, 0.25) is 0 Å². The molecule has 0 spiro atoms. The van der Waals surface area contributed by atoms with Crippen LogP contribution in [0.25, 0.3) is 0 Å². The smallest absolute Gasteiger partial charge is 0.453 e. The zero-order chi connectivity index (χ0) is 19.4. The highest BCUT2D eigenvalue weighted by molar-refractivity contribution is 7.71. The average molecular weight is 400 g/mol. The van der Waals surface area contributed by atoms with Crippen LogP contribution in [0.3, 0.4) is 0 Å². The standard InChI is InChI=1S/C17H19F3N4O2S/c1-25-14-9-11(7-8-13(14)26-12-5-3-2-4-6-12)10-21-24-15(17(18,19)20)22-23-16(24)27/h7-10,12H,2-6H2,1H3,(H,23,27)/b21-10-. The van der Waals surface area contributed by atoms with E-state index in [1.54, 1.807) is 18.2 Å². The van der Waals surface area contributed by atoms with Gasteiger partial charge in [0.05, 0.1) is 19.4 Å². The fourth-order valence-electron chi connectivity index (χ4n) is 2.93.